The number of nitrogens with one attached hydrogen (secondary N) is 2. The first-order valence-electron chi connectivity index (χ1n) is 6.79. The summed E-state index contributed by atoms with van der Waals surface area (Å²) in [5.74, 6) is 1.84. The van der Waals surface area contributed by atoms with Gasteiger partial charge in [0, 0.05) is 24.9 Å². The highest BCUT2D eigenvalue weighted by molar-refractivity contribution is 9.10. The molecule has 0 bridgehead atoms. The molecule has 108 valence electrons. The molecule has 2 rings (SSSR count). The van der Waals surface area contributed by atoms with Crippen molar-refractivity contribution < 1.29 is 4.74 Å². The quantitative estimate of drug-likeness (QED) is 0.813. The molecule has 5 heteroatoms. The van der Waals surface area contributed by atoms with Crippen molar-refractivity contribution in [2.24, 2.45) is 0 Å². The highest BCUT2D eigenvalue weighted by Gasteiger charge is 2.14. The van der Waals surface area contributed by atoms with Crippen molar-refractivity contribution in [2.45, 2.75) is 25.8 Å². The molecule has 0 amide bonds. The van der Waals surface area contributed by atoms with Crippen LogP contribution in [0.15, 0.2) is 35.1 Å². The summed E-state index contributed by atoms with van der Waals surface area (Å²) in [4.78, 5) is 7.48. The second-order valence-corrected chi connectivity index (χ2v) is 5.50. The Morgan fingerprint density at radius 2 is 2.30 bits per heavy atom. The third kappa shape index (κ3) is 3.84. The summed E-state index contributed by atoms with van der Waals surface area (Å²) in [6.45, 7) is 3.15. The molecular formula is C15H20BrN3O. The van der Waals surface area contributed by atoms with E-state index in [1.165, 1.54) is 5.56 Å². The normalized spacial score (nSPS) is 12.3. The number of hydrogen-bond acceptors (Lipinski definition) is 3. The van der Waals surface area contributed by atoms with Gasteiger partial charge in [-0.3, -0.25) is 0 Å². The van der Waals surface area contributed by atoms with E-state index in [1.807, 2.05) is 12.3 Å². The number of imidazole rings is 1. The topological polar surface area (TPSA) is 49.9 Å². The monoisotopic (exact) mass is 337 g/mol. The predicted molar refractivity (Wildman–Crippen MR) is 84.0 cm³/mol. The second-order valence-electron chi connectivity index (χ2n) is 4.64. The summed E-state index contributed by atoms with van der Waals surface area (Å²) in [7, 11) is 1.68. The number of rotatable bonds is 7. The van der Waals surface area contributed by atoms with Crippen molar-refractivity contribution in [1.29, 1.82) is 0 Å². The molecule has 0 aliphatic heterocycles. The Bertz CT molecular complexity index is 528. The number of aromatic nitrogens is 2. The van der Waals surface area contributed by atoms with Crippen LogP contribution in [0.3, 0.4) is 0 Å². The fourth-order valence-electron chi connectivity index (χ4n) is 2.13. The standard InChI is InChI=1S/C15H20BrN3O/c1-3-6-17-13(10-15-18-7-8-19-15)11-4-5-14(20-2)12(16)9-11/h4-5,7-9,13,17H,3,6,10H2,1-2H3,(H,18,19). The average Bonchev–Trinajstić information content (AvgIpc) is 2.96. The maximum atomic E-state index is 5.28. The van der Waals surface area contributed by atoms with Gasteiger partial charge in [0.1, 0.15) is 11.6 Å². The molecule has 2 N–H and O–H groups in total. The van der Waals surface area contributed by atoms with Gasteiger partial charge in [-0.1, -0.05) is 13.0 Å². The fourth-order valence-corrected chi connectivity index (χ4v) is 2.69. The van der Waals surface area contributed by atoms with Gasteiger partial charge in [-0.15, -0.1) is 0 Å². The number of methoxy groups -OCH3 is 1. The lowest BCUT2D eigenvalue weighted by Crippen LogP contribution is -2.24. The molecule has 4 nitrogen and oxygen atoms in total. The maximum Gasteiger partial charge on any atom is 0.133 e. The van der Waals surface area contributed by atoms with Gasteiger partial charge < -0.3 is 15.0 Å². The Morgan fingerprint density at radius 1 is 1.45 bits per heavy atom. The Labute approximate surface area is 128 Å². The molecule has 0 spiro atoms. The summed E-state index contributed by atoms with van der Waals surface area (Å²) in [5, 5.41) is 3.57. The van der Waals surface area contributed by atoms with Gasteiger partial charge in [0.25, 0.3) is 0 Å². The summed E-state index contributed by atoms with van der Waals surface area (Å²) >= 11 is 3.55. The van der Waals surface area contributed by atoms with Gasteiger partial charge in [-0.05, 0) is 46.6 Å². The van der Waals surface area contributed by atoms with Crippen LogP contribution in [0.5, 0.6) is 5.75 Å². The number of nitrogens with zero attached hydrogens (tertiary/aromatic N) is 1. The molecule has 1 heterocycles. The average molecular weight is 338 g/mol. The van der Waals surface area contributed by atoms with Crippen LogP contribution in [0.2, 0.25) is 0 Å². The molecule has 0 aliphatic rings. The van der Waals surface area contributed by atoms with Crippen LogP contribution in [0.25, 0.3) is 0 Å². The first kappa shape index (κ1) is 15.1. The second kappa shape index (κ2) is 7.45. The fraction of sp³-hybridized carbons (Fsp3) is 0.400. The van der Waals surface area contributed by atoms with Crippen LogP contribution in [-0.4, -0.2) is 23.6 Å². The number of aromatic amines is 1. The van der Waals surface area contributed by atoms with Gasteiger partial charge in [-0.25, -0.2) is 4.98 Å². The van der Waals surface area contributed by atoms with Gasteiger partial charge in [0.05, 0.1) is 11.6 Å². The van der Waals surface area contributed by atoms with Crippen LogP contribution in [0, 0.1) is 0 Å². The van der Waals surface area contributed by atoms with E-state index in [2.05, 4.69) is 50.3 Å². The van der Waals surface area contributed by atoms with E-state index < -0.39 is 0 Å². The number of hydrogen-bond donors (Lipinski definition) is 2. The molecule has 0 saturated heterocycles. The first-order valence-corrected chi connectivity index (χ1v) is 7.59. The molecule has 1 aromatic carbocycles. The van der Waals surface area contributed by atoms with Crippen LogP contribution < -0.4 is 10.1 Å². The number of ether oxygens (including phenoxy) is 1. The Balaban J connectivity index is 2.18. The summed E-state index contributed by atoms with van der Waals surface area (Å²) in [6.07, 6.45) is 5.59. The highest BCUT2D eigenvalue weighted by atomic mass is 79.9. The van der Waals surface area contributed by atoms with E-state index in [-0.39, 0.29) is 6.04 Å². The van der Waals surface area contributed by atoms with Gasteiger partial charge in [0.15, 0.2) is 0 Å². The molecule has 2 aromatic rings. The minimum Gasteiger partial charge on any atom is -0.496 e. The zero-order valence-electron chi connectivity index (χ0n) is 11.8. The minimum absolute atomic E-state index is 0.239. The Hall–Kier alpha value is -1.33. The Morgan fingerprint density at radius 3 is 2.90 bits per heavy atom. The van der Waals surface area contributed by atoms with Crippen LogP contribution in [0.1, 0.15) is 30.8 Å². The number of halogens is 1. The molecular weight excluding hydrogens is 318 g/mol. The van der Waals surface area contributed by atoms with Gasteiger partial charge in [-0.2, -0.15) is 0 Å². The molecule has 0 aliphatic carbocycles. The molecule has 1 atom stereocenters. The zero-order valence-corrected chi connectivity index (χ0v) is 13.4. The molecule has 0 saturated carbocycles. The van der Waals surface area contributed by atoms with Crippen molar-refractivity contribution in [3.63, 3.8) is 0 Å². The molecule has 1 unspecified atom stereocenters. The lowest BCUT2D eigenvalue weighted by atomic mass is 10.0. The van der Waals surface area contributed by atoms with E-state index in [0.717, 1.165) is 35.4 Å². The van der Waals surface area contributed by atoms with E-state index in [4.69, 9.17) is 4.74 Å². The molecule has 0 fully saturated rings. The highest BCUT2D eigenvalue weighted by Crippen LogP contribution is 2.29. The van der Waals surface area contributed by atoms with Crippen LogP contribution in [-0.2, 0) is 6.42 Å². The lowest BCUT2D eigenvalue weighted by molar-refractivity contribution is 0.411. The third-order valence-corrected chi connectivity index (χ3v) is 3.79. The van der Waals surface area contributed by atoms with Crippen molar-refractivity contribution in [3.8, 4) is 5.75 Å². The molecule has 0 radical (unpaired) electrons. The van der Waals surface area contributed by atoms with E-state index in [9.17, 15) is 0 Å². The minimum atomic E-state index is 0.239. The number of benzene rings is 1. The van der Waals surface area contributed by atoms with Crippen LogP contribution >= 0.6 is 15.9 Å². The molecule has 20 heavy (non-hydrogen) atoms. The smallest absolute Gasteiger partial charge is 0.133 e. The largest absolute Gasteiger partial charge is 0.496 e. The summed E-state index contributed by atoms with van der Waals surface area (Å²) in [6, 6.07) is 6.43. The SMILES string of the molecule is CCCNC(Cc1ncc[nH]1)c1ccc(OC)c(Br)c1. The zero-order chi connectivity index (χ0) is 14.4. The predicted octanol–water partition coefficient (Wildman–Crippen LogP) is 3.46. The summed E-state index contributed by atoms with van der Waals surface area (Å²) in [5.41, 5.74) is 1.22. The Kier molecular flexibility index (Phi) is 5.61. The first-order chi connectivity index (χ1) is 9.74. The lowest BCUT2D eigenvalue weighted by Gasteiger charge is -2.19. The molecule has 1 aromatic heterocycles. The maximum absolute atomic E-state index is 5.28. The van der Waals surface area contributed by atoms with E-state index >= 15 is 0 Å². The number of H-pyrrole nitrogens is 1. The van der Waals surface area contributed by atoms with Crippen LogP contribution in [0.4, 0.5) is 0 Å². The summed E-state index contributed by atoms with van der Waals surface area (Å²) < 4.78 is 6.25. The van der Waals surface area contributed by atoms with Crippen molar-refractivity contribution in [1.82, 2.24) is 15.3 Å². The van der Waals surface area contributed by atoms with Gasteiger partial charge in [0.2, 0.25) is 0 Å². The van der Waals surface area contributed by atoms with Gasteiger partial charge >= 0.3 is 0 Å². The third-order valence-electron chi connectivity index (χ3n) is 3.17. The van der Waals surface area contributed by atoms with Crippen molar-refractivity contribution >= 4 is 15.9 Å². The van der Waals surface area contributed by atoms with E-state index in [1.54, 1.807) is 13.3 Å². The van der Waals surface area contributed by atoms with E-state index in [0.29, 0.717) is 0 Å². The van der Waals surface area contributed by atoms with Crippen molar-refractivity contribution in [3.05, 3.63) is 46.5 Å². The van der Waals surface area contributed by atoms with Crippen molar-refractivity contribution in [2.75, 3.05) is 13.7 Å².